The molecule has 4 heteroatoms. The maximum absolute atomic E-state index is 11.5. The summed E-state index contributed by atoms with van der Waals surface area (Å²) in [5, 5.41) is 0.258. The van der Waals surface area contributed by atoms with E-state index in [-0.39, 0.29) is 17.3 Å². The van der Waals surface area contributed by atoms with Crippen molar-refractivity contribution in [3.05, 3.63) is 0 Å². The molecule has 0 radical (unpaired) electrons. The minimum Gasteiger partial charge on any atom is -0.469 e. The van der Waals surface area contributed by atoms with E-state index < -0.39 is 5.41 Å². The lowest BCUT2D eigenvalue weighted by Gasteiger charge is -2.33. The van der Waals surface area contributed by atoms with E-state index in [1.54, 1.807) is 18.9 Å². The summed E-state index contributed by atoms with van der Waals surface area (Å²) >= 11 is 1.68. The third kappa shape index (κ3) is 2.89. The number of carbonyl (C=O) groups excluding carboxylic acids is 1. The van der Waals surface area contributed by atoms with Crippen LogP contribution in [0.1, 0.15) is 20.8 Å². The van der Waals surface area contributed by atoms with Crippen molar-refractivity contribution in [3.8, 4) is 0 Å². The Morgan fingerprint density at radius 2 is 1.86 bits per heavy atom. The zero-order valence-electron chi connectivity index (χ0n) is 9.79. The van der Waals surface area contributed by atoms with Gasteiger partial charge in [-0.15, -0.1) is 0 Å². The SMILES string of the molecule is COC(=O)C(C)(C)[C@H](OC)[C@@H](C)SC. The first-order valence-corrected chi connectivity index (χ1v) is 5.84. The number of rotatable bonds is 5. The molecule has 0 fully saturated rings. The second-order valence-corrected chi connectivity index (χ2v) is 5.03. The van der Waals surface area contributed by atoms with E-state index in [2.05, 4.69) is 0 Å². The highest BCUT2D eigenvalue weighted by atomic mass is 32.2. The third-order valence-corrected chi connectivity index (χ3v) is 3.47. The van der Waals surface area contributed by atoms with Gasteiger partial charge in [-0.05, 0) is 20.1 Å². The van der Waals surface area contributed by atoms with Gasteiger partial charge in [-0.1, -0.05) is 6.92 Å². The van der Waals surface area contributed by atoms with E-state index in [0.717, 1.165) is 0 Å². The van der Waals surface area contributed by atoms with Gasteiger partial charge in [0.25, 0.3) is 0 Å². The largest absolute Gasteiger partial charge is 0.469 e. The molecule has 0 rings (SSSR count). The number of esters is 1. The zero-order chi connectivity index (χ0) is 11.4. The van der Waals surface area contributed by atoms with E-state index in [1.165, 1.54) is 7.11 Å². The van der Waals surface area contributed by atoms with Gasteiger partial charge in [0.15, 0.2) is 0 Å². The third-order valence-electron chi connectivity index (χ3n) is 2.47. The van der Waals surface area contributed by atoms with Crippen molar-refractivity contribution in [2.24, 2.45) is 5.41 Å². The Hall–Kier alpha value is -0.220. The molecule has 0 unspecified atom stereocenters. The average molecular weight is 220 g/mol. The van der Waals surface area contributed by atoms with Gasteiger partial charge in [-0.2, -0.15) is 11.8 Å². The number of carbonyl (C=O) groups is 1. The Balaban J connectivity index is 4.73. The highest BCUT2D eigenvalue weighted by Crippen LogP contribution is 2.31. The summed E-state index contributed by atoms with van der Waals surface area (Å²) in [5.41, 5.74) is -0.605. The van der Waals surface area contributed by atoms with E-state index in [9.17, 15) is 4.79 Å². The molecule has 0 amide bonds. The monoisotopic (exact) mass is 220 g/mol. The molecule has 0 aromatic heterocycles. The Morgan fingerprint density at radius 1 is 1.36 bits per heavy atom. The smallest absolute Gasteiger partial charge is 0.313 e. The van der Waals surface area contributed by atoms with Gasteiger partial charge in [0.05, 0.1) is 18.6 Å². The summed E-state index contributed by atoms with van der Waals surface area (Å²) in [6, 6.07) is 0. The van der Waals surface area contributed by atoms with Crippen LogP contribution in [0.2, 0.25) is 0 Å². The fraction of sp³-hybridized carbons (Fsp3) is 0.900. The number of hydrogen-bond donors (Lipinski definition) is 0. The standard InChI is InChI=1S/C10H20O3S/c1-7(14-6)8(12-4)10(2,3)9(11)13-5/h7-8H,1-6H3/t7-,8-/m1/s1. The van der Waals surface area contributed by atoms with E-state index in [4.69, 9.17) is 9.47 Å². The van der Waals surface area contributed by atoms with Crippen LogP contribution < -0.4 is 0 Å². The second kappa shape index (κ2) is 5.61. The van der Waals surface area contributed by atoms with Crippen molar-refractivity contribution in [2.45, 2.75) is 32.1 Å². The molecule has 3 nitrogen and oxygen atoms in total. The zero-order valence-corrected chi connectivity index (χ0v) is 10.6. The normalized spacial score (nSPS) is 16.1. The number of methoxy groups -OCH3 is 2. The molecule has 0 saturated heterocycles. The Morgan fingerprint density at radius 3 is 2.14 bits per heavy atom. The molecule has 2 atom stereocenters. The van der Waals surface area contributed by atoms with Crippen molar-refractivity contribution in [1.82, 2.24) is 0 Å². The maximum atomic E-state index is 11.5. The van der Waals surface area contributed by atoms with Crippen LogP contribution in [0, 0.1) is 5.41 Å². The fourth-order valence-corrected chi connectivity index (χ4v) is 2.27. The minimum atomic E-state index is -0.605. The van der Waals surface area contributed by atoms with Crippen LogP contribution in [-0.4, -0.2) is 37.8 Å². The summed E-state index contributed by atoms with van der Waals surface area (Å²) < 4.78 is 10.1. The molecule has 0 N–H and O–H groups in total. The molecule has 0 saturated carbocycles. The van der Waals surface area contributed by atoms with Gasteiger partial charge in [-0.3, -0.25) is 4.79 Å². The number of hydrogen-bond acceptors (Lipinski definition) is 4. The molecular weight excluding hydrogens is 200 g/mol. The first-order valence-electron chi connectivity index (χ1n) is 4.55. The molecule has 0 aliphatic heterocycles. The summed E-state index contributed by atoms with van der Waals surface area (Å²) in [6.07, 6.45) is 1.87. The van der Waals surface area contributed by atoms with Crippen molar-refractivity contribution in [1.29, 1.82) is 0 Å². The molecule has 14 heavy (non-hydrogen) atoms. The van der Waals surface area contributed by atoms with E-state index in [0.29, 0.717) is 0 Å². The molecule has 0 heterocycles. The molecule has 0 bridgehead atoms. The van der Waals surface area contributed by atoms with Crippen molar-refractivity contribution in [3.63, 3.8) is 0 Å². The second-order valence-electron chi connectivity index (χ2n) is 3.81. The van der Waals surface area contributed by atoms with Gasteiger partial charge in [0, 0.05) is 12.4 Å². The summed E-state index contributed by atoms with van der Waals surface area (Å²) in [7, 11) is 3.03. The van der Waals surface area contributed by atoms with Gasteiger partial charge >= 0.3 is 5.97 Å². The van der Waals surface area contributed by atoms with E-state index >= 15 is 0 Å². The summed E-state index contributed by atoms with van der Waals surface area (Å²) in [5.74, 6) is -0.231. The number of ether oxygens (including phenoxy) is 2. The van der Waals surface area contributed by atoms with Crippen LogP contribution >= 0.6 is 11.8 Å². The predicted octanol–water partition coefficient (Wildman–Crippen LogP) is 1.95. The molecule has 0 spiro atoms. The van der Waals surface area contributed by atoms with Crippen LogP contribution in [-0.2, 0) is 14.3 Å². The maximum Gasteiger partial charge on any atom is 0.313 e. The van der Waals surface area contributed by atoms with Crippen LogP contribution in [0.25, 0.3) is 0 Å². The molecular formula is C10H20O3S. The predicted molar refractivity (Wildman–Crippen MR) is 59.6 cm³/mol. The van der Waals surface area contributed by atoms with Crippen molar-refractivity contribution in [2.75, 3.05) is 20.5 Å². The Labute approximate surface area is 90.5 Å². The van der Waals surface area contributed by atoms with E-state index in [1.807, 2.05) is 27.0 Å². The van der Waals surface area contributed by atoms with Gasteiger partial charge < -0.3 is 9.47 Å². The summed E-state index contributed by atoms with van der Waals surface area (Å²) in [6.45, 7) is 5.74. The minimum absolute atomic E-state index is 0.134. The summed E-state index contributed by atoms with van der Waals surface area (Å²) in [4.78, 5) is 11.5. The van der Waals surface area contributed by atoms with Gasteiger partial charge in [-0.25, -0.2) is 0 Å². The van der Waals surface area contributed by atoms with Crippen LogP contribution in [0.5, 0.6) is 0 Å². The highest BCUT2D eigenvalue weighted by Gasteiger charge is 2.41. The average Bonchev–Trinajstić information content (AvgIpc) is 2.16. The molecule has 0 aliphatic rings. The quantitative estimate of drug-likeness (QED) is 0.663. The fourth-order valence-electron chi connectivity index (χ4n) is 1.58. The lowest BCUT2D eigenvalue weighted by molar-refractivity contribution is -0.158. The molecule has 84 valence electrons. The Bertz CT molecular complexity index is 192. The van der Waals surface area contributed by atoms with Crippen LogP contribution in [0.4, 0.5) is 0 Å². The first-order chi connectivity index (χ1) is 6.41. The highest BCUT2D eigenvalue weighted by molar-refractivity contribution is 7.99. The van der Waals surface area contributed by atoms with Gasteiger partial charge in [0.1, 0.15) is 0 Å². The van der Waals surface area contributed by atoms with Gasteiger partial charge in [0.2, 0.25) is 0 Å². The topological polar surface area (TPSA) is 35.5 Å². The Kier molecular flexibility index (Phi) is 5.52. The van der Waals surface area contributed by atoms with Crippen molar-refractivity contribution < 1.29 is 14.3 Å². The molecule has 0 aromatic carbocycles. The first kappa shape index (κ1) is 13.8. The van der Waals surface area contributed by atoms with Crippen molar-refractivity contribution >= 4 is 17.7 Å². The molecule has 0 aliphatic carbocycles. The molecule has 0 aromatic rings. The number of thioether (sulfide) groups is 1. The van der Waals surface area contributed by atoms with Crippen LogP contribution in [0.3, 0.4) is 0 Å². The van der Waals surface area contributed by atoms with Crippen LogP contribution in [0.15, 0.2) is 0 Å². The lowest BCUT2D eigenvalue weighted by atomic mass is 9.85. The lowest BCUT2D eigenvalue weighted by Crippen LogP contribution is -2.44.